The van der Waals surface area contributed by atoms with Crippen LogP contribution in [0.1, 0.15) is 13.8 Å². The van der Waals surface area contributed by atoms with Gasteiger partial charge in [-0.05, 0) is 0 Å². The van der Waals surface area contributed by atoms with Crippen molar-refractivity contribution in [1.29, 1.82) is 10.5 Å². The Morgan fingerprint density at radius 2 is 1.69 bits per heavy atom. The fourth-order valence-corrected chi connectivity index (χ4v) is 24.9. The van der Waals surface area contributed by atoms with E-state index in [-0.39, 0.29) is 0 Å². The standard InChI is InChI=1S/C4H2N2S2.2C2H5.Sn/c5-1-3(2-6)4(7)8;2*1-2;/h7-8H;2*1H2,2H3;/q;;;+2/p-2. The molecule has 0 N–H and O–H groups in total. The summed E-state index contributed by atoms with van der Waals surface area (Å²) in [7, 11) is 3.77. The predicted octanol–water partition coefficient (Wildman–Crippen LogP) is 3.21. The first-order valence-corrected chi connectivity index (χ1v) is 16.8. The Labute approximate surface area is 88.2 Å². The third-order valence-corrected chi connectivity index (χ3v) is 33.7. The molecule has 0 saturated carbocycles. The summed E-state index contributed by atoms with van der Waals surface area (Å²) in [4.78, 5) is 0. The topological polar surface area (TPSA) is 47.6 Å². The van der Waals surface area contributed by atoms with Gasteiger partial charge in [0.05, 0.1) is 0 Å². The van der Waals surface area contributed by atoms with Crippen LogP contribution in [0.25, 0.3) is 0 Å². The molecule has 0 spiro atoms. The molecule has 0 aliphatic carbocycles. The van der Waals surface area contributed by atoms with Crippen LogP contribution in [0.4, 0.5) is 0 Å². The molecule has 0 aromatic heterocycles. The number of nitrogens with zero attached hydrogens (tertiary/aromatic N) is 2. The average Bonchev–Trinajstić information content (AvgIpc) is 2.11. The van der Waals surface area contributed by atoms with Crippen LogP contribution in [-0.2, 0) is 0 Å². The molecule has 1 fully saturated rings. The molecule has 0 amide bonds. The van der Waals surface area contributed by atoms with Crippen molar-refractivity contribution in [2.45, 2.75) is 22.7 Å². The third-order valence-electron chi connectivity index (χ3n) is 2.06. The van der Waals surface area contributed by atoms with Gasteiger partial charge in [0.1, 0.15) is 0 Å². The van der Waals surface area contributed by atoms with Crippen molar-refractivity contribution in [3.8, 4) is 12.1 Å². The molecule has 68 valence electrons. The predicted molar refractivity (Wildman–Crippen MR) is 60.2 cm³/mol. The van der Waals surface area contributed by atoms with Gasteiger partial charge in [-0.15, -0.1) is 0 Å². The molecule has 1 heterocycles. The summed E-state index contributed by atoms with van der Waals surface area (Å²) in [6, 6.07) is 3.90. The minimum atomic E-state index is -1.90. The number of nitriles is 2. The van der Waals surface area contributed by atoms with Crippen molar-refractivity contribution in [2.75, 3.05) is 0 Å². The van der Waals surface area contributed by atoms with Gasteiger partial charge >= 0.3 is 88.7 Å². The normalized spacial score (nSPS) is 18.3. The maximum atomic E-state index is 8.64. The molecule has 1 aliphatic rings. The SMILES string of the molecule is C[CH2][Sn]1([CH2]C)[S]C(=C(C#N)C#N)[S]1. The van der Waals surface area contributed by atoms with Crippen LogP contribution >= 0.6 is 17.9 Å². The molecule has 0 unspecified atom stereocenters. The molecular weight excluding hydrogens is 307 g/mol. The number of hydrogen-bond acceptors (Lipinski definition) is 4. The Balaban J connectivity index is 2.74. The Hall–Kier alpha value is 0.219. The summed E-state index contributed by atoms with van der Waals surface area (Å²) in [6.45, 7) is 4.46. The van der Waals surface area contributed by atoms with Crippen molar-refractivity contribution in [3.05, 3.63) is 9.81 Å². The van der Waals surface area contributed by atoms with Gasteiger partial charge in [-0.1, -0.05) is 0 Å². The molecule has 0 atom stereocenters. The average molecular weight is 317 g/mol. The van der Waals surface area contributed by atoms with Crippen molar-refractivity contribution in [3.63, 3.8) is 0 Å². The van der Waals surface area contributed by atoms with E-state index < -0.39 is 15.6 Å². The van der Waals surface area contributed by atoms with Gasteiger partial charge in [0.15, 0.2) is 0 Å². The molecule has 0 radical (unpaired) electrons. The van der Waals surface area contributed by atoms with E-state index in [2.05, 4.69) is 13.8 Å². The van der Waals surface area contributed by atoms with Gasteiger partial charge in [0.2, 0.25) is 0 Å². The second-order valence-electron chi connectivity index (χ2n) is 2.71. The summed E-state index contributed by atoms with van der Waals surface area (Å²) < 4.78 is 3.56. The van der Waals surface area contributed by atoms with Gasteiger partial charge in [-0.2, -0.15) is 0 Å². The Morgan fingerprint density at radius 3 is 2.00 bits per heavy atom. The van der Waals surface area contributed by atoms with Crippen LogP contribution in [-0.4, -0.2) is 15.6 Å². The first kappa shape index (κ1) is 11.3. The summed E-state index contributed by atoms with van der Waals surface area (Å²) in [6.07, 6.45) is 0. The van der Waals surface area contributed by atoms with E-state index in [0.717, 1.165) is 4.24 Å². The van der Waals surface area contributed by atoms with E-state index in [4.69, 9.17) is 10.5 Å². The molecule has 1 saturated heterocycles. The van der Waals surface area contributed by atoms with E-state index in [1.54, 1.807) is 0 Å². The molecule has 1 rings (SSSR count). The fourth-order valence-electron chi connectivity index (χ4n) is 1.10. The third kappa shape index (κ3) is 2.18. The van der Waals surface area contributed by atoms with Crippen LogP contribution < -0.4 is 0 Å². The molecule has 13 heavy (non-hydrogen) atoms. The van der Waals surface area contributed by atoms with Crippen molar-refractivity contribution >= 4 is 33.5 Å². The molecular formula is C8H10N2S2Sn. The molecule has 0 aromatic rings. The molecule has 0 bridgehead atoms. The van der Waals surface area contributed by atoms with Gasteiger partial charge < -0.3 is 0 Å². The number of rotatable bonds is 2. The van der Waals surface area contributed by atoms with Crippen LogP contribution in [0.2, 0.25) is 8.87 Å². The zero-order valence-electron chi connectivity index (χ0n) is 7.63. The van der Waals surface area contributed by atoms with Gasteiger partial charge in [-0.25, -0.2) is 0 Å². The number of hydrogen-bond donors (Lipinski definition) is 0. The molecule has 1 aliphatic heterocycles. The second-order valence-corrected chi connectivity index (χ2v) is 29.1. The molecule has 5 heteroatoms. The first-order valence-electron chi connectivity index (χ1n) is 4.14. The van der Waals surface area contributed by atoms with E-state index in [9.17, 15) is 0 Å². The van der Waals surface area contributed by atoms with Crippen molar-refractivity contribution in [1.82, 2.24) is 0 Å². The van der Waals surface area contributed by atoms with E-state index in [1.807, 2.05) is 30.0 Å². The Bertz CT molecular complexity index is 294. The van der Waals surface area contributed by atoms with Gasteiger partial charge in [0.25, 0.3) is 0 Å². The van der Waals surface area contributed by atoms with E-state index >= 15 is 0 Å². The summed E-state index contributed by atoms with van der Waals surface area (Å²) in [5, 5.41) is 17.3. The summed E-state index contributed by atoms with van der Waals surface area (Å²) in [5.41, 5.74) is 0.323. The fraction of sp³-hybridized carbons (Fsp3) is 0.500. The van der Waals surface area contributed by atoms with Gasteiger partial charge in [0, 0.05) is 0 Å². The van der Waals surface area contributed by atoms with Crippen molar-refractivity contribution < 1.29 is 0 Å². The van der Waals surface area contributed by atoms with Crippen LogP contribution in [0, 0.1) is 22.7 Å². The zero-order chi connectivity index (χ0) is 9.90. The minimum absolute atomic E-state index is 0.323. The first-order chi connectivity index (χ1) is 6.21. The molecule has 0 aromatic carbocycles. The number of allylic oxidation sites excluding steroid dienone is 1. The zero-order valence-corrected chi connectivity index (χ0v) is 12.1. The Morgan fingerprint density at radius 1 is 1.23 bits per heavy atom. The quantitative estimate of drug-likeness (QED) is 0.580. The maximum absolute atomic E-state index is 8.64. The van der Waals surface area contributed by atoms with Crippen LogP contribution in [0.3, 0.4) is 0 Å². The summed E-state index contributed by atoms with van der Waals surface area (Å²) >= 11 is -1.90. The Kier molecular flexibility index (Phi) is 4.03. The van der Waals surface area contributed by atoms with Gasteiger partial charge in [-0.3, -0.25) is 0 Å². The van der Waals surface area contributed by atoms with Crippen LogP contribution in [0.15, 0.2) is 9.81 Å². The van der Waals surface area contributed by atoms with Crippen LogP contribution in [0.5, 0.6) is 0 Å². The summed E-state index contributed by atoms with van der Waals surface area (Å²) in [5.74, 6) is 0. The van der Waals surface area contributed by atoms with Crippen molar-refractivity contribution in [2.24, 2.45) is 0 Å². The molecule has 2 nitrogen and oxygen atoms in total. The van der Waals surface area contributed by atoms with E-state index in [0.29, 0.717) is 5.57 Å². The second kappa shape index (κ2) is 4.63. The monoisotopic (exact) mass is 318 g/mol. The van der Waals surface area contributed by atoms with E-state index in [1.165, 1.54) is 8.87 Å².